The van der Waals surface area contributed by atoms with Gasteiger partial charge in [0.15, 0.2) is 5.13 Å². The number of carbonyl (C=O) groups excluding carboxylic acids is 2. The van der Waals surface area contributed by atoms with Crippen molar-refractivity contribution in [2.75, 3.05) is 12.4 Å². The Labute approximate surface area is 141 Å². The highest BCUT2D eigenvalue weighted by molar-refractivity contribution is 7.13. The smallest absolute Gasteiger partial charge is 0.333 e. The van der Waals surface area contributed by atoms with E-state index in [1.54, 1.807) is 0 Å². The average Bonchev–Trinajstić information content (AvgIpc) is 2.93. The predicted octanol–water partition coefficient (Wildman–Crippen LogP) is 3.88. The summed E-state index contributed by atoms with van der Waals surface area (Å²) in [5.74, 6) is -0.257. The van der Waals surface area contributed by atoms with E-state index >= 15 is 0 Å². The standard InChI is InChI=1S/C17H24N2O3S/c1-11(16(21)22-3)13-8-6-4-5-7-9-14(13)15-10-23-17(19-15)18-12(2)20/h10,13-14H,1,4-9H2,2-3H3,(H,18,19,20). The van der Waals surface area contributed by atoms with Crippen LogP contribution in [0.15, 0.2) is 17.5 Å². The molecule has 0 bridgehead atoms. The number of ether oxygens (including phenoxy) is 1. The van der Waals surface area contributed by atoms with E-state index in [0.717, 1.165) is 31.4 Å². The van der Waals surface area contributed by atoms with Gasteiger partial charge in [0.25, 0.3) is 0 Å². The zero-order valence-electron chi connectivity index (χ0n) is 13.8. The zero-order valence-corrected chi connectivity index (χ0v) is 14.6. The van der Waals surface area contributed by atoms with Crippen molar-refractivity contribution < 1.29 is 14.3 Å². The first-order valence-electron chi connectivity index (χ1n) is 8.03. The van der Waals surface area contributed by atoms with Crippen LogP contribution >= 0.6 is 11.3 Å². The molecule has 6 heteroatoms. The maximum Gasteiger partial charge on any atom is 0.333 e. The minimum atomic E-state index is -0.335. The summed E-state index contributed by atoms with van der Waals surface area (Å²) >= 11 is 1.42. The van der Waals surface area contributed by atoms with Crippen molar-refractivity contribution in [3.8, 4) is 0 Å². The van der Waals surface area contributed by atoms with Crippen molar-refractivity contribution in [2.24, 2.45) is 5.92 Å². The third-order valence-electron chi connectivity index (χ3n) is 4.35. The van der Waals surface area contributed by atoms with Crippen LogP contribution in [0, 0.1) is 5.92 Å². The molecule has 0 aromatic carbocycles. The first kappa shape index (κ1) is 17.7. The molecule has 23 heavy (non-hydrogen) atoms. The van der Waals surface area contributed by atoms with Gasteiger partial charge in [0, 0.05) is 23.8 Å². The molecule has 5 nitrogen and oxygen atoms in total. The average molecular weight is 336 g/mol. The molecule has 1 aliphatic carbocycles. The van der Waals surface area contributed by atoms with E-state index in [9.17, 15) is 9.59 Å². The third-order valence-corrected chi connectivity index (χ3v) is 5.12. The van der Waals surface area contributed by atoms with Gasteiger partial charge in [-0.05, 0) is 18.8 Å². The monoisotopic (exact) mass is 336 g/mol. The van der Waals surface area contributed by atoms with E-state index in [1.807, 2.05) is 5.38 Å². The molecular formula is C17H24N2O3S. The molecule has 1 aliphatic rings. The van der Waals surface area contributed by atoms with Crippen LogP contribution in [0.1, 0.15) is 57.1 Å². The first-order chi connectivity index (χ1) is 11.0. The summed E-state index contributed by atoms with van der Waals surface area (Å²) in [4.78, 5) is 27.7. The van der Waals surface area contributed by atoms with E-state index in [2.05, 4.69) is 16.9 Å². The Morgan fingerprint density at radius 1 is 1.30 bits per heavy atom. The Hall–Kier alpha value is -1.69. The van der Waals surface area contributed by atoms with E-state index in [1.165, 1.54) is 38.2 Å². The number of hydrogen-bond donors (Lipinski definition) is 1. The molecule has 1 fully saturated rings. The summed E-state index contributed by atoms with van der Waals surface area (Å²) in [5, 5.41) is 5.31. The Kier molecular flexibility index (Phi) is 6.33. The van der Waals surface area contributed by atoms with Crippen molar-refractivity contribution >= 4 is 28.3 Å². The lowest BCUT2D eigenvalue weighted by molar-refractivity contribution is -0.136. The van der Waals surface area contributed by atoms with Gasteiger partial charge >= 0.3 is 5.97 Å². The van der Waals surface area contributed by atoms with Gasteiger partial charge in [0.1, 0.15) is 0 Å². The van der Waals surface area contributed by atoms with Crippen molar-refractivity contribution in [1.29, 1.82) is 0 Å². The first-order valence-corrected chi connectivity index (χ1v) is 8.91. The Morgan fingerprint density at radius 3 is 2.65 bits per heavy atom. The number of thiazole rings is 1. The van der Waals surface area contributed by atoms with Crippen LogP contribution in [-0.4, -0.2) is 24.0 Å². The maximum atomic E-state index is 11.9. The van der Waals surface area contributed by atoms with Crippen molar-refractivity contribution in [2.45, 2.75) is 51.4 Å². The molecular weight excluding hydrogens is 312 g/mol. The molecule has 0 aliphatic heterocycles. The van der Waals surface area contributed by atoms with E-state index in [4.69, 9.17) is 4.74 Å². The highest BCUT2D eigenvalue weighted by atomic mass is 32.1. The minimum Gasteiger partial charge on any atom is -0.466 e. The number of amides is 1. The molecule has 2 atom stereocenters. The number of hydrogen-bond acceptors (Lipinski definition) is 5. The number of aromatic nitrogens is 1. The summed E-state index contributed by atoms with van der Waals surface area (Å²) < 4.78 is 4.87. The van der Waals surface area contributed by atoms with Gasteiger partial charge in [-0.15, -0.1) is 11.3 Å². The molecule has 0 saturated heterocycles. The molecule has 0 radical (unpaired) electrons. The quantitative estimate of drug-likeness (QED) is 0.669. The molecule has 1 aromatic rings. The lowest BCUT2D eigenvalue weighted by Gasteiger charge is -2.28. The van der Waals surface area contributed by atoms with Gasteiger partial charge in [-0.2, -0.15) is 0 Å². The molecule has 2 rings (SSSR count). The summed E-state index contributed by atoms with van der Waals surface area (Å²) in [6.45, 7) is 5.45. The van der Waals surface area contributed by atoms with Gasteiger partial charge in [0.05, 0.1) is 12.8 Å². The number of methoxy groups -OCH3 is 1. The molecule has 1 N–H and O–H groups in total. The highest BCUT2D eigenvalue weighted by Gasteiger charge is 2.31. The normalized spacial score (nSPS) is 21.8. The van der Waals surface area contributed by atoms with Gasteiger partial charge < -0.3 is 10.1 Å². The number of anilines is 1. The van der Waals surface area contributed by atoms with E-state index in [0.29, 0.717) is 10.7 Å². The fourth-order valence-electron chi connectivity index (χ4n) is 3.20. The van der Waals surface area contributed by atoms with Gasteiger partial charge in [-0.3, -0.25) is 4.79 Å². The van der Waals surface area contributed by atoms with Gasteiger partial charge in [-0.1, -0.05) is 32.3 Å². The minimum absolute atomic E-state index is 0.0510. The van der Waals surface area contributed by atoms with Crippen molar-refractivity contribution in [3.05, 3.63) is 23.2 Å². The number of esters is 1. The van der Waals surface area contributed by atoms with Crippen molar-refractivity contribution in [3.63, 3.8) is 0 Å². The van der Waals surface area contributed by atoms with Crippen LogP contribution in [0.4, 0.5) is 5.13 Å². The predicted molar refractivity (Wildman–Crippen MR) is 91.5 cm³/mol. The van der Waals surface area contributed by atoms with Gasteiger partial charge in [0.2, 0.25) is 5.91 Å². The summed E-state index contributed by atoms with van der Waals surface area (Å²) in [6.07, 6.45) is 6.49. The van der Waals surface area contributed by atoms with Gasteiger partial charge in [-0.25, -0.2) is 9.78 Å². The molecule has 1 aromatic heterocycles. The number of carbonyl (C=O) groups is 2. The van der Waals surface area contributed by atoms with Crippen LogP contribution in [-0.2, 0) is 14.3 Å². The Bertz CT molecular complexity index is 582. The van der Waals surface area contributed by atoms with Crippen LogP contribution in [0.5, 0.6) is 0 Å². The largest absolute Gasteiger partial charge is 0.466 e. The second-order valence-electron chi connectivity index (χ2n) is 5.98. The summed E-state index contributed by atoms with van der Waals surface area (Å²) in [6, 6.07) is 0. The molecule has 1 heterocycles. The SMILES string of the molecule is C=C(C(=O)OC)C1CCCCCCC1c1csc(NC(C)=O)n1. The third kappa shape index (κ3) is 4.64. The number of nitrogens with one attached hydrogen (secondary N) is 1. The summed E-state index contributed by atoms with van der Waals surface area (Å²) in [5.41, 5.74) is 1.48. The van der Waals surface area contributed by atoms with Crippen LogP contribution in [0.25, 0.3) is 0 Å². The lowest BCUT2D eigenvalue weighted by atomic mass is 9.76. The highest BCUT2D eigenvalue weighted by Crippen LogP contribution is 2.40. The zero-order chi connectivity index (χ0) is 16.8. The van der Waals surface area contributed by atoms with Crippen LogP contribution < -0.4 is 5.32 Å². The summed E-state index contributed by atoms with van der Waals surface area (Å²) in [7, 11) is 1.39. The van der Waals surface area contributed by atoms with E-state index in [-0.39, 0.29) is 23.7 Å². The number of rotatable bonds is 4. The van der Waals surface area contributed by atoms with Crippen LogP contribution in [0.3, 0.4) is 0 Å². The van der Waals surface area contributed by atoms with E-state index < -0.39 is 0 Å². The van der Waals surface area contributed by atoms with Crippen LogP contribution in [0.2, 0.25) is 0 Å². The topological polar surface area (TPSA) is 68.3 Å². The fraction of sp³-hybridized carbons (Fsp3) is 0.588. The molecule has 2 unspecified atom stereocenters. The maximum absolute atomic E-state index is 11.9. The molecule has 126 valence electrons. The second kappa shape index (κ2) is 8.24. The molecule has 1 amide bonds. The lowest BCUT2D eigenvalue weighted by Crippen LogP contribution is -2.22. The molecule has 0 spiro atoms. The second-order valence-corrected chi connectivity index (χ2v) is 6.84. The fourth-order valence-corrected chi connectivity index (χ4v) is 4.02. The molecule has 1 saturated carbocycles. The Morgan fingerprint density at radius 2 is 2.00 bits per heavy atom. The Balaban J connectivity index is 2.24. The number of nitrogens with zero attached hydrogens (tertiary/aromatic N) is 1. The van der Waals surface area contributed by atoms with Crippen molar-refractivity contribution in [1.82, 2.24) is 4.98 Å².